The molecule has 4 nitrogen and oxygen atoms in total. The number of aliphatic hydroxyl groups is 1. The van der Waals surface area contributed by atoms with Crippen LogP contribution in [0.25, 0.3) is 0 Å². The van der Waals surface area contributed by atoms with Crippen LogP contribution in [0.4, 0.5) is 5.82 Å². The molecule has 1 aromatic rings. The van der Waals surface area contributed by atoms with Crippen molar-refractivity contribution in [2.24, 2.45) is 0 Å². The second kappa shape index (κ2) is 4.16. The molecule has 0 saturated carbocycles. The van der Waals surface area contributed by atoms with Gasteiger partial charge in [0, 0.05) is 25.3 Å². The molecule has 2 N–H and O–H groups in total. The van der Waals surface area contributed by atoms with Crippen LogP contribution in [0.3, 0.4) is 0 Å². The van der Waals surface area contributed by atoms with E-state index in [2.05, 4.69) is 10.3 Å². The van der Waals surface area contributed by atoms with Gasteiger partial charge in [-0.3, -0.25) is 0 Å². The van der Waals surface area contributed by atoms with Gasteiger partial charge in [-0.15, -0.1) is 0 Å². The van der Waals surface area contributed by atoms with Crippen LogP contribution >= 0.6 is 0 Å². The molecule has 4 heteroatoms. The Hall–Kier alpha value is -1.13. The second-order valence-corrected chi connectivity index (χ2v) is 4.04. The molecule has 0 spiro atoms. The Morgan fingerprint density at radius 2 is 2.47 bits per heavy atom. The van der Waals surface area contributed by atoms with Crippen LogP contribution in [0.1, 0.15) is 12.1 Å². The Balaban J connectivity index is 1.92. The highest BCUT2D eigenvalue weighted by Gasteiger charge is 2.31. The van der Waals surface area contributed by atoms with E-state index in [0.29, 0.717) is 26.2 Å². The largest absolute Gasteiger partial charge is 0.386 e. The van der Waals surface area contributed by atoms with Gasteiger partial charge in [-0.1, -0.05) is 6.07 Å². The molecule has 2 heterocycles. The normalized spacial score (nSPS) is 25.5. The first-order valence-electron chi connectivity index (χ1n) is 5.16. The fraction of sp³-hybridized carbons (Fsp3) is 0.545. The molecule has 1 aliphatic rings. The summed E-state index contributed by atoms with van der Waals surface area (Å²) in [4.78, 5) is 4.30. The predicted octanol–water partition coefficient (Wildman–Crippen LogP) is 0.953. The van der Waals surface area contributed by atoms with Crippen molar-refractivity contribution in [1.82, 2.24) is 4.98 Å². The van der Waals surface area contributed by atoms with Gasteiger partial charge >= 0.3 is 0 Å². The monoisotopic (exact) mass is 208 g/mol. The van der Waals surface area contributed by atoms with E-state index in [1.165, 1.54) is 0 Å². The van der Waals surface area contributed by atoms with E-state index in [4.69, 9.17) is 4.74 Å². The summed E-state index contributed by atoms with van der Waals surface area (Å²) in [5.74, 6) is 0.801. The topological polar surface area (TPSA) is 54.4 Å². The van der Waals surface area contributed by atoms with Gasteiger partial charge in [-0.25, -0.2) is 4.98 Å². The molecule has 1 saturated heterocycles. The molecule has 0 aromatic carbocycles. The number of anilines is 1. The first-order chi connectivity index (χ1) is 7.18. The molecule has 1 fully saturated rings. The van der Waals surface area contributed by atoms with Crippen molar-refractivity contribution < 1.29 is 9.84 Å². The van der Waals surface area contributed by atoms with Crippen LogP contribution in [-0.2, 0) is 4.74 Å². The van der Waals surface area contributed by atoms with Gasteiger partial charge in [-0.05, 0) is 19.1 Å². The zero-order chi connectivity index (χ0) is 10.7. The number of pyridine rings is 1. The van der Waals surface area contributed by atoms with Crippen LogP contribution in [0.5, 0.6) is 0 Å². The first kappa shape index (κ1) is 10.4. The van der Waals surface area contributed by atoms with E-state index >= 15 is 0 Å². The average Bonchev–Trinajstić information content (AvgIpc) is 2.63. The fourth-order valence-corrected chi connectivity index (χ4v) is 1.63. The average molecular weight is 208 g/mol. The molecule has 0 bridgehead atoms. The van der Waals surface area contributed by atoms with Crippen molar-refractivity contribution in [3.8, 4) is 0 Å². The second-order valence-electron chi connectivity index (χ2n) is 4.04. The molecule has 15 heavy (non-hydrogen) atoms. The summed E-state index contributed by atoms with van der Waals surface area (Å²) in [5.41, 5.74) is 0.237. The van der Waals surface area contributed by atoms with E-state index < -0.39 is 5.60 Å². The first-order valence-corrected chi connectivity index (χ1v) is 5.16. The molecule has 82 valence electrons. The lowest BCUT2D eigenvalue weighted by atomic mass is 10.0. The predicted molar refractivity (Wildman–Crippen MR) is 57.8 cm³/mol. The minimum Gasteiger partial charge on any atom is -0.386 e. The van der Waals surface area contributed by atoms with Crippen molar-refractivity contribution >= 4 is 5.82 Å². The summed E-state index contributed by atoms with van der Waals surface area (Å²) in [7, 11) is 0. The minimum absolute atomic E-state index is 0.409. The van der Waals surface area contributed by atoms with Crippen LogP contribution < -0.4 is 5.32 Å². The molecule has 1 aromatic heterocycles. The summed E-state index contributed by atoms with van der Waals surface area (Å²) >= 11 is 0. The minimum atomic E-state index is -0.731. The van der Waals surface area contributed by atoms with Gasteiger partial charge < -0.3 is 15.2 Å². The van der Waals surface area contributed by atoms with Gasteiger partial charge in [0.05, 0.1) is 6.61 Å². The highest BCUT2D eigenvalue weighted by Crippen LogP contribution is 2.18. The van der Waals surface area contributed by atoms with E-state index in [1.807, 2.05) is 25.1 Å². The van der Waals surface area contributed by atoms with Crippen molar-refractivity contribution in [2.45, 2.75) is 18.9 Å². The van der Waals surface area contributed by atoms with E-state index in [1.54, 1.807) is 0 Å². The van der Waals surface area contributed by atoms with E-state index in [9.17, 15) is 5.11 Å². The number of nitrogens with zero attached hydrogens (tertiary/aromatic N) is 1. The van der Waals surface area contributed by atoms with Crippen molar-refractivity contribution in [3.63, 3.8) is 0 Å². The lowest BCUT2D eigenvalue weighted by Gasteiger charge is -2.20. The molecule has 1 unspecified atom stereocenters. The Morgan fingerprint density at radius 3 is 3.13 bits per heavy atom. The van der Waals surface area contributed by atoms with E-state index in [-0.39, 0.29) is 0 Å². The highest BCUT2D eigenvalue weighted by molar-refractivity contribution is 5.35. The third-order valence-electron chi connectivity index (χ3n) is 2.57. The van der Waals surface area contributed by atoms with Gasteiger partial charge in [-0.2, -0.15) is 0 Å². The molecular weight excluding hydrogens is 192 g/mol. The standard InChI is InChI=1S/C11H16N2O2/c1-9-3-2-4-10(13-9)12-7-11(14)5-6-15-8-11/h2-4,14H,5-8H2,1H3,(H,12,13). The molecule has 0 radical (unpaired) electrons. The number of aryl methyl sites for hydroxylation is 1. The van der Waals surface area contributed by atoms with Crippen molar-refractivity contribution in [1.29, 1.82) is 0 Å². The molecule has 2 rings (SSSR count). The number of aromatic nitrogens is 1. The summed E-state index contributed by atoms with van der Waals surface area (Å²) in [5, 5.41) is 13.1. The smallest absolute Gasteiger partial charge is 0.126 e. The summed E-state index contributed by atoms with van der Waals surface area (Å²) < 4.78 is 5.16. The Kier molecular flexibility index (Phi) is 2.88. The van der Waals surface area contributed by atoms with Gasteiger partial charge in [0.15, 0.2) is 0 Å². The lowest BCUT2D eigenvalue weighted by Crippen LogP contribution is -2.37. The van der Waals surface area contributed by atoms with Crippen LogP contribution in [0.15, 0.2) is 18.2 Å². The van der Waals surface area contributed by atoms with Crippen molar-refractivity contribution in [2.75, 3.05) is 25.1 Å². The highest BCUT2D eigenvalue weighted by atomic mass is 16.5. The van der Waals surface area contributed by atoms with Gasteiger partial charge in [0.1, 0.15) is 11.4 Å². The third-order valence-corrected chi connectivity index (χ3v) is 2.57. The maximum atomic E-state index is 10.0. The summed E-state index contributed by atoms with van der Waals surface area (Å²) in [6, 6.07) is 5.78. The maximum Gasteiger partial charge on any atom is 0.126 e. The molecule has 1 aliphatic heterocycles. The number of ether oxygens (including phenoxy) is 1. The Bertz CT molecular complexity index is 335. The van der Waals surface area contributed by atoms with Crippen LogP contribution in [-0.4, -0.2) is 35.5 Å². The lowest BCUT2D eigenvalue weighted by molar-refractivity contribution is 0.0381. The summed E-state index contributed by atoms with van der Waals surface area (Å²) in [6.45, 7) is 3.48. The van der Waals surface area contributed by atoms with Crippen LogP contribution in [0, 0.1) is 6.92 Å². The zero-order valence-electron chi connectivity index (χ0n) is 8.86. The Morgan fingerprint density at radius 1 is 1.60 bits per heavy atom. The Labute approximate surface area is 89.3 Å². The van der Waals surface area contributed by atoms with Gasteiger partial charge in [0.2, 0.25) is 0 Å². The number of rotatable bonds is 3. The zero-order valence-corrected chi connectivity index (χ0v) is 8.86. The molecule has 0 aliphatic carbocycles. The van der Waals surface area contributed by atoms with Gasteiger partial charge in [0.25, 0.3) is 0 Å². The SMILES string of the molecule is Cc1cccc(NCC2(O)CCOC2)n1. The molecule has 1 atom stereocenters. The number of hydrogen-bond acceptors (Lipinski definition) is 4. The summed E-state index contributed by atoms with van der Waals surface area (Å²) in [6.07, 6.45) is 0.686. The third kappa shape index (κ3) is 2.67. The quantitative estimate of drug-likeness (QED) is 0.776. The number of nitrogens with one attached hydrogen (secondary N) is 1. The number of hydrogen-bond donors (Lipinski definition) is 2. The fourth-order valence-electron chi connectivity index (χ4n) is 1.63. The maximum absolute atomic E-state index is 10.0. The van der Waals surface area contributed by atoms with E-state index in [0.717, 1.165) is 11.5 Å². The molecular formula is C11H16N2O2. The molecule has 0 amide bonds. The van der Waals surface area contributed by atoms with Crippen molar-refractivity contribution in [3.05, 3.63) is 23.9 Å². The van der Waals surface area contributed by atoms with Crippen LogP contribution in [0.2, 0.25) is 0 Å².